The number of amides is 1. The average molecular weight is 552 g/mol. The quantitative estimate of drug-likeness (QED) is 0.267. The molecule has 1 aliphatic carbocycles. The molecule has 212 valence electrons. The third-order valence-corrected chi connectivity index (χ3v) is 7.82. The number of nitrogens with one attached hydrogen (secondary N) is 2. The summed E-state index contributed by atoms with van der Waals surface area (Å²) in [5.74, 6) is 0.210. The molecule has 3 heterocycles. The fraction of sp³-hybridized carbons (Fsp3) is 0.355. The van der Waals surface area contributed by atoms with Crippen molar-refractivity contribution in [3.63, 3.8) is 0 Å². The van der Waals surface area contributed by atoms with Crippen molar-refractivity contribution in [1.82, 2.24) is 29.5 Å². The van der Waals surface area contributed by atoms with Crippen molar-refractivity contribution in [3.8, 4) is 11.1 Å². The van der Waals surface area contributed by atoms with E-state index in [0.29, 0.717) is 23.6 Å². The van der Waals surface area contributed by atoms with E-state index in [2.05, 4.69) is 71.9 Å². The summed E-state index contributed by atoms with van der Waals surface area (Å²) in [6.07, 6.45) is 6.80. The van der Waals surface area contributed by atoms with Gasteiger partial charge in [0.05, 0.1) is 17.6 Å². The van der Waals surface area contributed by atoms with Crippen LogP contribution >= 0.6 is 0 Å². The number of carbonyl (C=O) groups excluding carboxylic acids is 1. The fourth-order valence-electron chi connectivity index (χ4n) is 5.37. The zero-order chi connectivity index (χ0) is 28.3. The standard InChI is InChI=1S/C31H37N9O/c1-3-27-30(37-31(28(36-27)29(32)41)35-25-18-33-38(2)20-25)34-24-10-8-23(9-11-24)22-6-4-21(5-7-22)19-39-14-16-40(17-15-39)26-12-13-26/h4-11,18,20,26H,3,12-17,19H2,1-2H3,(H2,32,41)(H2,34,35,37). The number of benzene rings is 2. The molecule has 2 aromatic carbocycles. The predicted octanol–water partition coefficient (Wildman–Crippen LogP) is 4.31. The molecular weight excluding hydrogens is 514 g/mol. The first-order valence-electron chi connectivity index (χ1n) is 14.3. The number of aryl methyl sites for hydroxylation is 2. The summed E-state index contributed by atoms with van der Waals surface area (Å²) in [6, 6.07) is 18.0. The second-order valence-electron chi connectivity index (χ2n) is 10.9. The molecule has 6 rings (SSSR count). The van der Waals surface area contributed by atoms with E-state index in [4.69, 9.17) is 5.73 Å². The van der Waals surface area contributed by atoms with Gasteiger partial charge in [0.25, 0.3) is 5.91 Å². The van der Waals surface area contributed by atoms with Crippen LogP contribution in [0.2, 0.25) is 0 Å². The first kappa shape index (κ1) is 26.9. The number of nitrogens with two attached hydrogens (primary N) is 1. The Labute approximate surface area is 240 Å². The van der Waals surface area contributed by atoms with Crippen molar-refractivity contribution in [2.75, 3.05) is 36.8 Å². The van der Waals surface area contributed by atoms with Crippen molar-refractivity contribution in [1.29, 1.82) is 0 Å². The molecule has 0 unspecified atom stereocenters. The summed E-state index contributed by atoms with van der Waals surface area (Å²) in [6.45, 7) is 7.69. The highest BCUT2D eigenvalue weighted by atomic mass is 16.1. The van der Waals surface area contributed by atoms with Crippen LogP contribution in [0.3, 0.4) is 0 Å². The summed E-state index contributed by atoms with van der Waals surface area (Å²) in [5.41, 5.74) is 11.6. The lowest BCUT2D eigenvalue weighted by Gasteiger charge is -2.34. The summed E-state index contributed by atoms with van der Waals surface area (Å²) in [4.78, 5) is 26.6. The molecule has 41 heavy (non-hydrogen) atoms. The summed E-state index contributed by atoms with van der Waals surface area (Å²) in [7, 11) is 1.81. The van der Waals surface area contributed by atoms with Gasteiger partial charge in [-0.25, -0.2) is 9.97 Å². The van der Waals surface area contributed by atoms with Crippen molar-refractivity contribution in [2.24, 2.45) is 12.8 Å². The Kier molecular flexibility index (Phi) is 7.67. The van der Waals surface area contributed by atoms with E-state index in [1.807, 2.05) is 26.1 Å². The van der Waals surface area contributed by atoms with E-state index in [0.717, 1.165) is 36.9 Å². The Hall–Kier alpha value is -4.28. The van der Waals surface area contributed by atoms with Gasteiger partial charge >= 0.3 is 0 Å². The molecule has 10 nitrogen and oxygen atoms in total. The lowest BCUT2D eigenvalue weighted by Crippen LogP contribution is -2.46. The average Bonchev–Trinajstić information content (AvgIpc) is 3.75. The lowest BCUT2D eigenvalue weighted by atomic mass is 10.0. The predicted molar refractivity (Wildman–Crippen MR) is 161 cm³/mol. The molecule has 0 bridgehead atoms. The van der Waals surface area contributed by atoms with Gasteiger partial charge in [0.1, 0.15) is 0 Å². The number of hydrogen-bond donors (Lipinski definition) is 3. The third-order valence-electron chi connectivity index (χ3n) is 7.82. The Bertz CT molecular complexity index is 1500. The minimum absolute atomic E-state index is 0.0931. The van der Waals surface area contributed by atoms with Crippen LogP contribution in [0, 0.1) is 0 Å². The highest BCUT2D eigenvalue weighted by Gasteiger charge is 2.31. The fourth-order valence-corrected chi connectivity index (χ4v) is 5.37. The highest BCUT2D eigenvalue weighted by molar-refractivity contribution is 5.96. The Morgan fingerprint density at radius 3 is 2.15 bits per heavy atom. The zero-order valence-electron chi connectivity index (χ0n) is 23.7. The second-order valence-corrected chi connectivity index (χ2v) is 10.9. The van der Waals surface area contributed by atoms with Crippen LogP contribution in [0.15, 0.2) is 60.9 Å². The van der Waals surface area contributed by atoms with Crippen molar-refractivity contribution in [3.05, 3.63) is 77.9 Å². The molecule has 1 saturated heterocycles. The van der Waals surface area contributed by atoms with E-state index in [-0.39, 0.29) is 11.5 Å². The number of aromatic nitrogens is 4. The van der Waals surface area contributed by atoms with Gasteiger partial charge in [-0.3, -0.25) is 19.3 Å². The molecule has 1 saturated carbocycles. The Morgan fingerprint density at radius 1 is 0.902 bits per heavy atom. The molecule has 2 aromatic heterocycles. The minimum Gasteiger partial charge on any atom is -0.364 e. The van der Waals surface area contributed by atoms with Crippen molar-refractivity contribution in [2.45, 2.75) is 38.8 Å². The molecule has 0 spiro atoms. The summed E-state index contributed by atoms with van der Waals surface area (Å²) >= 11 is 0. The molecule has 0 atom stereocenters. The maximum absolute atomic E-state index is 12.1. The van der Waals surface area contributed by atoms with Gasteiger partial charge in [0.2, 0.25) is 0 Å². The second kappa shape index (κ2) is 11.7. The molecule has 0 radical (unpaired) electrons. The van der Waals surface area contributed by atoms with Crippen molar-refractivity contribution < 1.29 is 4.79 Å². The van der Waals surface area contributed by atoms with Crippen LogP contribution in [-0.2, 0) is 20.0 Å². The zero-order valence-corrected chi connectivity index (χ0v) is 23.7. The monoisotopic (exact) mass is 551 g/mol. The van der Waals surface area contributed by atoms with Gasteiger partial charge in [-0.1, -0.05) is 43.3 Å². The van der Waals surface area contributed by atoms with Gasteiger partial charge in [0.15, 0.2) is 17.3 Å². The number of piperazine rings is 1. The first-order valence-corrected chi connectivity index (χ1v) is 14.3. The van der Waals surface area contributed by atoms with E-state index in [9.17, 15) is 4.79 Å². The van der Waals surface area contributed by atoms with E-state index >= 15 is 0 Å². The number of carbonyl (C=O) groups is 1. The molecule has 2 aliphatic rings. The number of anilines is 4. The van der Waals surface area contributed by atoms with Crippen LogP contribution in [0.25, 0.3) is 11.1 Å². The normalized spacial score (nSPS) is 16.0. The maximum Gasteiger partial charge on any atom is 0.271 e. The Morgan fingerprint density at radius 2 is 1.56 bits per heavy atom. The van der Waals surface area contributed by atoms with Gasteiger partial charge in [-0.2, -0.15) is 5.10 Å². The topological polar surface area (TPSA) is 117 Å². The van der Waals surface area contributed by atoms with Gasteiger partial charge in [-0.05, 0) is 48.1 Å². The van der Waals surface area contributed by atoms with E-state index < -0.39 is 5.91 Å². The number of nitrogens with zero attached hydrogens (tertiary/aromatic N) is 6. The van der Waals surface area contributed by atoms with Crippen LogP contribution in [0.4, 0.5) is 23.0 Å². The smallest absolute Gasteiger partial charge is 0.271 e. The molecule has 10 heteroatoms. The number of rotatable bonds is 10. The molecule has 2 fully saturated rings. The number of primary amides is 1. The largest absolute Gasteiger partial charge is 0.364 e. The molecule has 4 N–H and O–H groups in total. The van der Waals surface area contributed by atoms with Gasteiger partial charge in [-0.15, -0.1) is 0 Å². The molecule has 1 aliphatic heterocycles. The molecular formula is C31H37N9O. The van der Waals surface area contributed by atoms with E-state index in [1.54, 1.807) is 17.1 Å². The van der Waals surface area contributed by atoms with Crippen LogP contribution < -0.4 is 16.4 Å². The van der Waals surface area contributed by atoms with Crippen LogP contribution in [0.1, 0.15) is 41.5 Å². The SMILES string of the molecule is CCc1nc(C(N)=O)c(Nc2cnn(C)c2)nc1Nc1ccc(-c2ccc(CN3CCN(C4CC4)CC3)cc2)cc1. The minimum atomic E-state index is -0.642. The van der Waals surface area contributed by atoms with Gasteiger partial charge in [0, 0.05) is 57.7 Å². The molecule has 4 aromatic rings. The van der Waals surface area contributed by atoms with Crippen molar-refractivity contribution >= 4 is 28.9 Å². The van der Waals surface area contributed by atoms with Crippen LogP contribution in [-0.4, -0.2) is 67.7 Å². The first-order chi connectivity index (χ1) is 19.9. The van der Waals surface area contributed by atoms with Gasteiger partial charge < -0.3 is 16.4 Å². The van der Waals surface area contributed by atoms with E-state index in [1.165, 1.54) is 37.1 Å². The maximum atomic E-state index is 12.1. The highest BCUT2D eigenvalue weighted by Crippen LogP contribution is 2.29. The third kappa shape index (κ3) is 6.39. The Balaban J connectivity index is 1.13. The summed E-state index contributed by atoms with van der Waals surface area (Å²) in [5, 5.41) is 10.6. The number of hydrogen-bond acceptors (Lipinski definition) is 8. The molecule has 1 amide bonds. The lowest BCUT2D eigenvalue weighted by molar-refractivity contribution is 0.0996. The van der Waals surface area contributed by atoms with Crippen LogP contribution in [0.5, 0.6) is 0 Å². The summed E-state index contributed by atoms with van der Waals surface area (Å²) < 4.78 is 1.66.